The number of nitrogens with one attached hydrogen (secondary N) is 1. The van der Waals surface area contributed by atoms with Crippen LogP contribution in [0.5, 0.6) is 17.2 Å². The highest BCUT2D eigenvalue weighted by Crippen LogP contribution is 2.38. The van der Waals surface area contributed by atoms with E-state index in [4.69, 9.17) is 19.9 Å². The van der Waals surface area contributed by atoms with Crippen molar-refractivity contribution in [3.63, 3.8) is 0 Å². The van der Waals surface area contributed by atoms with E-state index in [0.29, 0.717) is 30.2 Å². The molecule has 0 bridgehead atoms. The maximum Gasteiger partial charge on any atom is 0.257 e. The minimum atomic E-state index is -0.138. The molecule has 0 spiro atoms. The zero-order valence-electron chi connectivity index (χ0n) is 12.5. The molecule has 21 heavy (non-hydrogen) atoms. The fraction of sp³-hybridized carbons (Fsp3) is 0.533. The molecule has 0 saturated heterocycles. The van der Waals surface area contributed by atoms with E-state index >= 15 is 0 Å². The monoisotopic (exact) mass is 294 g/mol. The molecule has 2 rings (SSSR count). The third-order valence-corrected chi connectivity index (χ3v) is 3.03. The molecular weight excluding hydrogens is 272 g/mol. The number of hydrogen-bond acceptors (Lipinski definition) is 5. The molecule has 6 nitrogen and oxygen atoms in total. The van der Waals surface area contributed by atoms with Gasteiger partial charge in [-0.05, 0) is 31.4 Å². The molecule has 0 aliphatic carbocycles. The van der Waals surface area contributed by atoms with Crippen molar-refractivity contribution in [3.05, 3.63) is 17.7 Å². The summed E-state index contributed by atoms with van der Waals surface area (Å²) in [6, 6.07) is 3.61. The predicted molar refractivity (Wildman–Crippen MR) is 78.7 cm³/mol. The number of benzene rings is 1. The van der Waals surface area contributed by atoms with Crippen LogP contribution in [0.25, 0.3) is 0 Å². The van der Waals surface area contributed by atoms with Gasteiger partial charge in [-0.15, -0.1) is 0 Å². The molecule has 0 aromatic heterocycles. The highest BCUT2D eigenvalue weighted by Gasteiger charge is 2.19. The van der Waals surface area contributed by atoms with Crippen LogP contribution in [0.2, 0.25) is 0 Å². The van der Waals surface area contributed by atoms with Crippen LogP contribution in [0.3, 0.4) is 0 Å². The summed E-state index contributed by atoms with van der Waals surface area (Å²) in [4.78, 5) is 11.6. The van der Waals surface area contributed by atoms with Gasteiger partial charge in [0.2, 0.25) is 6.79 Å². The first-order valence-corrected chi connectivity index (χ1v) is 7.17. The van der Waals surface area contributed by atoms with E-state index in [2.05, 4.69) is 5.32 Å². The van der Waals surface area contributed by atoms with Gasteiger partial charge in [0, 0.05) is 18.7 Å². The summed E-state index contributed by atoms with van der Waals surface area (Å²) in [5.74, 6) is 1.80. The lowest BCUT2D eigenvalue weighted by Gasteiger charge is -2.14. The van der Waals surface area contributed by atoms with Gasteiger partial charge in [0.25, 0.3) is 5.91 Å². The second kappa shape index (κ2) is 7.17. The third-order valence-electron chi connectivity index (χ3n) is 3.03. The maximum atomic E-state index is 11.6. The van der Waals surface area contributed by atoms with Crippen LogP contribution in [0.4, 0.5) is 0 Å². The third kappa shape index (κ3) is 4.26. The minimum absolute atomic E-state index is 0.0124. The largest absolute Gasteiger partial charge is 0.483 e. The van der Waals surface area contributed by atoms with Crippen molar-refractivity contribution in [2.24, 2.45) is 5.73 Å². The van der Waals surface area contributed by atoms with Crippen molar-refractivity contribution < 1.29 is 19.0 Å². The van der Waals surface area contributed by atoms with E-state index in [1.165, 1.54) is 0 Å². The normalized spacial score (nSPS) is 13.9. The van der Waals surface area contributed by atoms with Gasteiger partial charge in [-0.25, -0.2) is 0 Å². The van der Waals surface area contributed by atoms with Gasteiger partial charge in [-0.2, -0.15) is 0 Å². The van der Waals surface area contributed by atoms with Gasteiger partial charge in [0.1, 0.15) is 5.75 Å². The van der Waals surface area contributed by atoms with E-state index in [1.807, 2.05) is 19.9 Å². The predicted octanol–water partition coefficient (Wildman–Crippen LogP) is 1.21. The number of ether oxygens (including phenoxy) is 3. The Bertz CT molecular complexity index is 503. The van der Waals surface area contributed by atoms with Crippen LogP contribution in [0, 0.1) is 0 Å². The highest BCUT2D eigenvalue weighted by molar-refractivity contribution is 5.77. The summed E-state index contributed by atoms with van der Waals surface area (Å²) in [5, 5.41) is 2.77. The lowest BCUT2D eigenvalue weighted by Crippen LogP contribution is -2.29. The lowest BCUT2D eigenvalue weighted by atomic mass is 10.1. The molecule has 1 aliphatic heterocycles. The Balaban J connectivity index is 2.07. The quantitative estimate of drug-likeness (QED) is 0.790. The minimum Gasteiger partial charge on any atom is -0.483 e. The molecule has 116 valence electrons. The van der Waals surface area contributed by atoms with Crippen molar-refractivity contribution in [2.75, 3.05) is 19.9 Å². The molecule has 1 aromatic rings. The van der Waals surface area contributed by atoms with Gasteiger partial charge in [-0.1, -0.05) is 6.92 Å². The van der Waals surface area contributed by atoms with Gasteiger partial charge in [0.15, 0.2) is 18.1 Å². The van der Waals surface area contributed by atoms with E-state index < -0.39 is 0 Å². The molecule has 1 atom stereocenters. The fourth-order valence-corrected chi connectivity index (χ4v) is 2.06. The van der Waals surface area contributed by atoms with Gasteiger partial charge in [0.05, 0.1) is 0 Å². The first-order valence-electron chi connectivity index (χ1n) is 7.17. The number of rotatable bonds is 7. The van der Waals surface area contributed by atoms with Gasteiger partial charge in [-0.3, -0.25) is 4.79 Å². The van der Waals surface area contributed by atoms with Crippen LogP contribution in [0.1, 0.15) is 25.8 Å². The maximum absolute atomic E-state index is 11.6. The number of carbonyl (C=O) groups is 1. The van der Waals surface area contributed by atoms with E-state index in [9.17, 15) is 4.79 Å². The van der Waals surface area contributed by atoms with E-state index in [-0.39, 0.29) is 25.3 Å². The molecule has 6 heteroatoms. The average molecular weight is 294 g/mol. The molecule has 1 unspecified atom stereocenters. The number of hydrogen-bond donors (Lipinski definition) is 2. The Kier molecular flexibility index (Phi) is 5.27. The second-order valence-electron chi connectivity index (χ2n) is 5.13. The lowest BCUT2D eigenvalue weighted by molar-refractivity contribution is -0.123. The average Bonchev–Trinajstić information content (AvgIpc) is 2.89. The Morgan fingerprint density at radius 3 is 2.81 bits per heavy atom. The smallest absolute Gasteiger partial charge is 0.257 e. The molecule has 0 radical (unpaired) electrons. The Morgan fingerprint density at radius 2 is 2.14 bits per heavy atom. The standard InChI is InChI=1S/C15H22N2O4/c1-3-4-17-15(18)8-19-12-7-14-13(20-9-21-14)6-11(12)5-10(2)16/h6-7,10H,3-5,8-9,16H2,1-2H3,(H,17,18). The zero-order chi connectivity index (χ0) is 15.2. The van der Waals surface area contributed by atoms with Crippen molar-refractivity contribution in [1.29, 1.82) is 0 Å². The van der Waals surface area contributed by atoms with Crippen molar-refractivity contribution in [3.8, 4) is 17.2 Å². The topological polar surface area (TPSA) is 82.8 Å². The van der Waals surface area contributed by atoms with Gasteiger partial charge >= 0.3 is 0 Å². The number of carbonyl (C=O) groups excluding carboxylic acids is 1. The van der Waals surface area contributed by atoms with Crippen LogP contribution in [0.15, 0.2) is 12.1 Å². The van der Waals surface area contributed by atoms with Crippen LogP contribution in [-0.4, -0.2) is 31.9 Å². The summed E-state index contributed by atoms with van der Waals surface area (Å²) < 4.78 is 16.3. The summed E-state index contributed by atoms with van der Waals surface area (Å²) in [7, 11) is 0. The first-order chi connectivity index (χ1) is 10.1. The molecule has 3 N–H and O–H groups in total. The van der Waals surface area contributed by atoms with Crippen molar-refractivity contribution in [2.45, 2.75) is 32.7 Å². The highest BCUT2D eigenvalue weighted by atomic mass is 16.7. The number of amides is 1. The van der Waals surface area contributed by atoms with Crippen molar-refractivity contribution >= 4 is 5.91 Å². The fourth-order valence-electron chi connectivity index (χ4n) is 2.06. The first kappa shape index (κ1) is 15.4. The second-order valence-corrected chi connectivity index (χ2v) is 5.13. The summed E-state index contributed by atoms with van der Waals surface area (Å²) >= 11 is 0. The van der Waals surface area contributed by atoms with Gasteiger partial charge < -0.3 is 25.3 Å². The Labute approximate surface area is 124 Å². The molecule has 0 fully saturated rings. The molecule has 1 amide bonds. The molecular formula is C15H22N2O4. The van der Waals surface area contributed by atoms with Crippen LogP contribution >= 0.6 is 0 Å². The van der Waals surface area contributed by atoms with E-state index in [1.54, 1.807) is 6.07 Å². The molecule has 1 heterocycles. The van der Waals surface area contributed by atoms with Crippen LogP contribution in [-0.2, 0) is 11.2 Å². The summed E-state index contributed by atoms with van der Waals surface area (Å²) in [6.07, 6.45) is 1.54. The zero-order valence-corrected chi connectivity index (χ0v) is 12.5. The Morgan fingerprint density at radius 1 is 1.43 bits per heavy atom. The number of nitrogens with two attached hydrogens (primary N) is 1. The number of fused-ring (bicyclic) bond motifs is 1. The Hall–Kier alpha value is -1.95. The van der Waals surface area contributed by atoms with Crippen LogP contribution < -0.4 is 25.3 Å². The molecule has 0 saturated carbocycles. The van der Waals surface area contributed by atoms with E-state index in [0.717, 1.165) is 12.0 Å². The molecule has 1 aliphatic rings. The van der Waals surface area contributed by atoms with Crippen molar-refractivity contribution in [1.82, 2.24) is 5.32 Å². The molecule has 1 aromatic carbocycles. The summed E-state index contributed by atoms with van der Waals surface area (Å²) in [6.45, 7) is 4.75. The summed E-state index contributed by atoms with van der Waals surface area (Å²) in [5.41, 5.74) is 6.77. The SMILES string of the molecule is CCCNC(=O)COc1cc2c(cc1CC(C)N)OCO2.